The van der Waals surface area contributed by atoms with E-state index in [-0.39, 0.29) is 5.92 Å². The van der Waals surface area contributed by atoms with Crippen molar-refractivity contribution >= 4 is 0 Å². The molecule has 0 amide bonds. The zero-order valence-corrected chi connectivity index (χ0v) is 8.94. The molecule has 0 heterocycles. The van der Waals surface area contributed by atoms with E-state index in [1.54, 1.807) is 13.8 Å². The minimum atomic E-state index is -0.977. The highest BCUT2D eigenvalue weighted by Crippen LogP contribution is 2.30. The lowest BCUT2D eigenvalue weighted by atomic mass is 9.81. The molecule has 1 aromatic carbocycles. The molecular weight excluding hydrogens is 176 g/mol. The van der Waals surface area contributed by atoms with E-state index in [0.29, 0.717) is 0 Å². The topological polar surface area (TPSA) is 40.5 Å². The second-order valence-electron chi connectivity index (χ2n) is 4.04. The summed E-state index contributed by atoms with van der Waals surface area (Å²) in [5, 5.41) is 19.7. The summed E-state index contributed by atoms with van der Waals surface area (Å²) in [6.45, 7) is 5.28. The number of hydrogen-bond donors (Lipinski definition) is 2. The summed E-state index contributed by atoms with van der Waals surface area (Å²) >= 11 is 0. The van der Waals surface area contributed by atoms with Crippen molar-refractivity contribution in [3.8, 4) is 0 Å². The first-order valence-corrected chi connectivity index (χ1v) is 4.92. The van der Waals surface area contributed by atoms with Crippen LogP contribution >= 0.6 is 0 Å². The van der Waals surface area contributed by atoms with Crippen LogP contribution in [-0.4, -0.2) is 16.3 Å². The van der Waals surface area contributed by atoms with Crippen molar-refractivity contribution in [1.82, 2.24) is 0 Å². The number of hydrogen-bond acceptors (Lipinski definition) is 2. The summed E-state index contributed by atoms with van der Waals surface area (Å²) in [6, 6.07) is 9.43. The van der Waals surface area contributed by atoms with Crippen LogP contribution in [-0.2, 0) is 5.60 Å². The quantitative estimate of drug-likeness (QED) is 0.771. The van der Waals surface area contributed by atoms with E-state index >= 15 is 0 Å². The van der Waals surface area contributed by atoms with E-state index in [1.165, 1.54) is 0 Å². The van der Waals surface area contributed by atoms with Gasteiger partial charge < -0.3 is 10.2 Å². The molecule has 1 unspecified atom stereocenters. The molecular formula is C12H18O2. The molecule has 78 valence electrons. The maximum atomic E-state index is 10.3. The molecule has 2 N–H and O–H groups in total. The molecule has 0 aliphatic rings. The zero-order valence-electron chi connectivity index (χ0n) is 8.94. The number of aliphatic hydroxyl groups excluding tert-OH is 1. The first kappa shape index (κ1) is 11.2. The Morgan fingerprint density at radius 1 is 1.14 bits per heavy atom. The van der Waals surface area contributed by atoms with Crippen LogP contribution in [0.15, 0.2) is 30.3 Å². The largest absolute Gasteiger partial charge is 0.393 e. The summed E-state index contributed by atoms with van der Waals surface area (Å²) in [7, 11) is 0. The highest BCUT2D eigenvalue weighted by Gasteiger charge is 2.32. The molecule has 2 nitrogen and oxygen atoms in total. The Morgan fingerprint density at radius 3 is 2.07 bits per heavy atom. The van der Waals surface area contributed by atoms with Gasteiger partial charge in [-0.25, -0.2) is 0 Å². The van der Waals surface area contributed by atoms with Crippen LogP contribution in [0.3, 0.4) is 0 Å². The van der Waals surface area contributed by atoms with E-state index < -0.39 is 11.7 Å². The SMILES string of the molecule is C[C@H]([C@@H](C)O)C(C)(O)c1ccccc1. The predicted molar refractivity (Wildman–Crippen MR) is 56.9 cm³/mol. The van der Waals surface area contributed by atoms with Crippen molar-refractivity contribution < 1.29 is 10.2 Å². The summed E-state index contributed by atoms with van der Waals surface area (Å²) in [5.74, 6) is -0.190. The van der Waals surface area contributed by atoms with Gasteiger partial charge in [0.1, 0.15) is 0 Å². The van der Waals surface area contributed by atoms with Gasteiger partial charge in [-0.2, -0.15) is 0 Å². The number of aliphatic hydroxyl groups is 2. The lowest BCUT2D eigenvalue weighted by molar-refractivity contribution is -0.0497. The van der Waals surface area contributed by atoms with E-state index in [9.17, 15) is 10.2 Å². The van der Waals surface area contributed by atoms with E-state index in [2.05, 4.69) is 0 Å². The van der Waals surface area contributed by atoms with Crippen LogP contribution < -0.4 is 0 Å². The number of benzene rings is 1. The molecule has 0 saturated carbocycles. The summed E-state index contributed by atoms with van der Waals surface area (Å²) in [4.78, 5) is 0. The van der Waals surface area contributed by atoms with Gasteiger partial charge in [0, 0.05) is 5.92 Å². The average molecular weight is 194 g/mol. The Hall–Kier alpha value is -0.860. The van der Waals surface area contributed by atoms with Crippen LogP contribution in [0.25, 0.3) is 0 Å². The fraction of sp³-hybridized carbons (Fsp3) is 0.500. The molecule has 0 aliphatic heterocycles. The molecule has 0 saturated heterocycles. The van der Waals surface area contributed by atoms with Gasteiger partial charge in [0.15, 0.2) is 0 Å². The highest BCUT2D eigenvalue weighted by molar-refractivity contribution is 5.22. The molecule has 14 heavy (non-hydrogen) atoms. The van der Waals surface area contributed by atoms with Crippen LogP contribution in [0, 0.1) is 5.92 Å². The molecule has 1 aromatic rings. The van der Waals surface area contributed by atoms with Gasteiger partial charge in [0.25, 0.3) is 0 Å². The smallest absolute Gasteiger partial charge is 0.0918 e. The molecule has 1 rings (SSSR count). The fourth-order valence-electron chi connectivity index (χ4n) is 1.51. The standard InChI is InChI=1S/C12H18O2/c1-9(10(2)13)12(3,14)11-7-5-4-6-8-11/h4-10,13-14H,1-3H3/t9-,10-,12?/m1/s1. The highest BCUT2D eigenvalue weighted by atomic mass is 16.3. The summed E-state index contributed by atoms with van der Waals surface area (Å²) in [5.41, 5.74) is -0.136. The maximum Gasteiger partial charge on any atom is 0.0918 e. The van der Waals surface area contributed by atoms with Crippen molar-refractivity contribution in [3.63, 3.8) is 0 Å². The second-order valence-corrected chi connectivity index (χ2v) is 4.04. The monoisotopic (exact) mass is 194 g/mol. The van der Waals surface area contributed by atoms with Gasteiger partial charge in [-0.1, -0.05) is 37.3 Å². The zero-order chi connectivity index (χ0) is 10.8. The third-order valence-electron chi connectivity index (χ3n) is 2.97. The van der Waals surface area contributed by atoms with Gasteiger partial charge in [0.05, 0.1) is 11.7 Å². The minimum absolute atomic E-state index is 0.190. The maximum absolute atomic E-state index is 10.3. The second kappa shape index (κ2) is 4.11. The first-order valence-electron chi connectivity index (χ1n) is 4.92. The predicted octanol–water partition coefficient (Wildman–Crippen LogP) is 1.91. The fourth-order valence-corrected chi connectivity index (χ4v) is 1.51. The third kappa shape index (κ3) is 2.14. The van der Waals surface area contributed by atoms with Crippen LogP contribution in [0.1, 0.15) is 26.3 Å². The Labute approximate surface area is 85.2 Å². The van der Waals surface area contributed by atoms with Crippen LogP contribution in [0.5, 0.6) is 0 Å². The van der Waals surface area contributed by atoms with Crippen LogP contribution in [0.4, 0.5) is 0 Å². The molecule has 0 aliphatic carbocycles. The third-order valence-corrected chi connectivity index (χ3v) is 2.97. The molecule has 0 bridgehead atoms. The molecule has 0 fully saturated rings. The Balaban J connectivity index is 2.96. The number of rotatable bonds is 3. The lowest BCUT2D eigenvalue weighted by Gasteiger charge is -2.32. The van der Waals surface area contributed by atoms with Gasteiger partial charge in [-0.15, -0.1) is 0 Å². The summed E-state index contributed by atoms with van der Waals surface area (Å²) < 4.78 is 0. The van der Waals surface area contributed by atoms with Gasteiger partial charge in [-0.05, 0) is 19.4 Å². The normalized spacial score (nSPS) is 19.8. The van der Waals surface area contributed by atoms with Gasteiger partial charge in [0.2, 0.25) is 0 Å². The lowest BCUT2D eigenvalue weighted by Crippen LogP contribution is -2.36. The molecule has 0 aromatic heterocycles. The Kier molecular flexibility index (Phi) is 3.29. The van der Waals surface area contributed by atoms with Crippen LogP contribution in [0.2, 0.25) is 0 Å². The molecule has 0 radical (unpaired) electrons. The van der Waals surface area contributed by atoms with Crippen molar-refractivity contribution in [2.24, 2.45) is 5.92 Å². The van der Waals surface area contributed by atoms with Crippen molar-refractivity contribution in [2.75, 3.05) is 0 Å². The van der Waals surface area contributed by atoms with E-state index in [0.717, 1.165) is 5.56 Å². The van der Waals surface area contributed by atoms with E-state index in [4.69, 9.17) is 0 Å². The van der Waals surface area contributed by atoms with Crippen molar-refractivity contribution in [2.45, 2.75) is 32.5 Å². The van der Waals surface area contributed by atoms with Gasteiger partial charge >= 0.3 is 0 Å². The van der Waals surface area contributed by atoms with Crippen molar-refractivity contribution in [3.05, 3.63) is 35.9 Å². The first-order chi connectivity index (χ1) is 6.46. The summed E-state index contributed by atoms with van der Waals surface area (Å²) in [6.07, 6.45) is -0.523. The van der Waals surface area contributed by atoms with Gasteiger partial charge in [-0.3, -0.25) is 0 Å². The molecule has 0 spiro atoms. The van der Waals surface area contributed by atoms with Crippen molar-refractivity contribution in [1.29, 1.82) is 0 Å². The Morgan fingerprint density at radius 2 is 1.64 bits per heavy atom. The Bertz CT molecular complexity index is 278. The average Bonchev–Trinajstić information content (AvgIpc) is 2.18. The molecule has 2 heteroatoms. The minimum Gasteiger partial charge on any atom is -0.393 e. The molecule has 3 atom stereocenters. The van der Waals surface area contributed by atoms with E-state index in [1.807, 2.05) is 37.3 Å².